The van der Waals surface area contributed by atoms with E-state index in [-0.39, 0.29) is 16.5 Å². The number of carbonyl (C=O) groups excluding carboxylic acids is 2. The van der Waals surface area contributed by atoms with E-state index in [1.165, 1.54) is 25.3 Å². The van der Waals surface area contributed by atoms with Gasteiger partial charge in [0.1, 0.15) is 5.75 Å². The molecular formula is C20H25N3O5S. The number of rotatable bonds is 8. The van der Waals surface area contributed by atoms with E-state index in [0.29, 0.717) is 17.7 Å². The van der Waals surface area contributed by atoms with E-state index in [1.807, 2.05) is 18.6 Å². The first-order valence-corrected chi connectivity index (χ1v) is 10.5. The normalized spacial score (nSPS) is 12.3. The second-order valence-electron chi connectivity index (χ2n) is 6.92. The van der Waals surface area contributed by atoms with Gasteiger partial charge in [0.2, 0.25) is 0 Å². The Labute approximate surface area is 170 Å². The summed E-state index contributed by atoms with van der Waals surface area (Å²) in [6.45, 7) is 3.77. The number of carbonyl (C=O) groups is 2. The van der Waals surface area contributed by atoms with Crippen LogP contribution < -0.4 is 20.5 Å². The summed E-state index contributed by atoms with van der Waals surface area (Å²) in [6.07, 6.45) is 0.360. The van der Waals surface area contributed by atoms with Crippen LogP contribution in [0.15, 0.2) is 53.4 Å². The Morgan fingerprint density at radius 1 is 1.10 bits per heavy atom. The van der Waals surface area contributed by atoms with Gasteiger partial charge in [-0.3, -0.25) is 9.59 Å². The van der Waals surface area contributed by atoms with E-state index < -0.39 is 27.9 Å². The predicted octanol–water partition coefficient (Wildman–Crippen LogP) is 2.13. The maximum atomic E-state index is 12.5. The van der Waals surface area contributed by atoms with Gasteiger partial charge < -0.3 is 15.8 Å². The molecule has 2 aromatic carbocycles. The van der Waals surface area contributed by atoms with Crippen molar-refractivity contribution >= 4 is 27.5 Å². The third kappa shape index (κ3) is 6.30. The van der Waals surface area contributed by atoms with Gasteiger partial charge in [-0.2, -0.15) is 0 Å². The lowest BCUT2D eigenvalue weighted by Crippen LogP contribution is -2.43. The zero-order valence-electron chi connectivity index (χ0n) is 16.5. The molecule has 156 valence electrons. The van der Waals surface area contributed by atoms with E-state index in [9.17, 15) is 18.0 Å². The van der Waals surface area contributed by atoms with Gasteiger partial charge in [-0.05, 0) is 54.8 Å². The van der Waals surface area contributed by atoms with Crippen LogP contribution >= 0.6 is 0 Å². The largest absolute Gasteiger partial charge is 0.497 e. The summed E-state index contributed by atoms with van der Waals surface area (Å²) in [7, 11) is -2.60. The zero-order chi connectivity index (χ0) is 21.6. The monoisotopic (exact) mass is 419 g/mol. The summed E-state index contributed by atoms with van der Waals surface area (Å²) >= 11 is 0. The Kier molecular flexibility index (Phi) is 7.35. The van der Waals surface area contributed by atoms with Crippen LogP contribution in [0.3, 0.4) is 0 Å². The summed E-state index contributed by atoms with van der Waals surface area (Å²) in [5.41, 5.74) is 6.39. The van der Waals surface area contributed by atoms with Gasteiger partial charge in [-0.25, -0.2) is 13.1 Å². The van der Waals surface area contributed by atoms with Crippen LogP contribution in [0.25, 0.3) is 0 Å². The molecule has 0 unspecified atom stereocenters. The molecule has 2 amide bonds. The predicted molar refractivity (Wildman–Crippen MR) is 110 cm³/mol. The molecule has 0 saturated carbocycles. The van der Waals surface area contributed by atoms with Crippen LogP contribution in [0.2, 0.25) is 0 Å². The Balaban J connectivity index is 2.12. The molecule has 0 spiro atoms. The number of nitrogens with one attached hydrogen (secondary N) is 2. The molecule has 9 heteroatoms. The second kappa shape index (κ2) is 9.53. The molecule has 0 saturated heterocycles. The van der Waals surface area contributed by atoms with Gasteiger partial charge in [-0.1, -0.05) is 19.9 Å². The SMILES string of the molecule is COc1ccc(C(=O)Nc2cccc(S(=O)(=O)NC(=O)[C@@H](N)CC(C)C)c2)cc1. The highest BCUT2D eigenvalue weighted by molar-refractivity contribution is 7.90. The minimum absolute atomic E-state index is 0.148. The molecule has 0 aliphatic heterocycles. The first-order valence-electron chi connectivity index (χ1n) is 9.00. The quantitative estimate of drug-likeness (QED) is 0.601. The number of amides is 2. The molecule has 0 fully saturated rings. The van der Waals surface area contributed by atoms with Crippen LogP contribution in [-0.2, 0) is 14.8 Å². The van der Waals surface area contributed by atoms with Crippen molar-refractivity contribution in [1.29, 1.82) is 0 Å². The van der Waals surface area contributed by atoms with Crippen molar-refractivity contribution in [2.45, 2.75) is 31.2 Å². The summed E-state index contributed by atoms with van der Waals surface area (Å²) in [5.74, 6) is -0.424. The summed E-state index contributed by atoms with van der Waals surface area (Å²) in [5, 5.41) is 2.63. The van der Waals surface area contributed by atoms with E-state index in [2.05, 4.69) is 5.32 Å². The molecular weight excluding hydrogens is 394 g/mol. The van der Waals surface area contributed by atoms with Crippen LogP contribution in [0.5, 0.6) is 5.75 Å². The van der Waals surface area contributed by atoms with Crippen molar-refractivity contribution in [3.8, 4) is 5.75 Å². The molecule has 0 radical (unpaired) electrons. The number of benzene rings is 2. The second-order valence-corrected chi connectivity index (χ2v) is 8.60. The molecule has 4 N–H and O–H groups in total. The van der Waals surface area contributed by atoms with Gasteiger partial charge in [0.25, 0.3) is 21.8 Å². The zero-order valence-corrected chi connectivity index (χ0v) is 17.3. The van der Waals surface area contributed by atoms with Gasteiger partial charge >= 0.3 is 0 Å². The maximum Gasteiger partial charge on any atom is 0.264 e. The van der Waals surface area contributed by atoms with Crippen molar-refractivity contribution in [3.05, 3.63) is 54.1 Å². The summed E-state index contributed by atoms with van der Waals surface area (Å²) < 4.78 is 32.0. The topological polar surface area (TPSA) is 128 Å². The lowest BCUT2D eigenvalue weighted by Gasteiger charge is -2.15. The van der Waals surface area contributed by atoms with Crippen molar-refractivity contribution in [2.75, 3.05) is 12.4 Å². The van der Waals surface area contributed by atoms with Crippen LogP contribution in [0.1, 0.15) is 30.6 Å². The van der Waals surface area contributed by atoms with E-state index in [1.54, 1.807) is 30.3 Å². The lowest BCUT2D eigenvalue weighted by atomic mass is 10.0. The third-order valence-corrected chi connectivity index (χ3v) is 5.40. The smallest absolute Gasteiger partial charge is 0.264 e. The third-order valence-electron chi connectivity index (χ3n) is 4.05. The molecule has 0 heterocycles. The molecule has 0 bridgehead atoms. The highest BCUT2D eigenvalue weighted by Gasteiger charge is 2.23. The fourth-order valence-corrected chi connectivity index (χ4v) is 3.64. The number of methoxy groups -OCH3 is 1. The number of hydrogen-bond acceptors (Lipinski definition) is 6. The van der Waals surface area contributed by atoms with Crippen molar-refractivity contribution in [1.82, 2.24) is 4.72 Å². The highest BCUT2D eigenvalue weighted by atomic mass is 32.2. The first-order chi connectivity index (χ1) is 13.6. The Bertz CT molecular complexity index is 972. The Morgan fingerprint density at radius 2 is 1.76 bits per heavy atom. The minimum atomic E-state index is -4.12. The number of hydrogen-bond donors (Lipinski definition) is 3. The maximum absolute atomic E-state index is 12.5. The van der Waals surface area contributed by atoms with Crippen molar-refractivity contribution < 1.29 is 22.7 Å². The molecule has 0 aliphatic carbocycles. The molecule has 29 heavy (non-hydrogen) atoms. The number of sulfonamides is 1. The van der Waals surface area contributed by atoms with Crippen LogP contribution in [-0.4, -0.2) is 33.4 Å². The average Bonchev–Trinajstić information content (AvgIpc) is 2.67. The molecule has 1 atom stereocenters. The number of ether oxygens (including phenoxy) is 1. The Hall–Kier alpha value is -2.91. The molecule has 0 aromatic heterocycles. The summed E-state index contributed by atoms with van der Waals surface area (Å²) in [4.78, 5) is 24.3. The summed E-state index contributed by atoms with van der Waals surface area (Å²) in [6, 6.07) is 11.2. The van der Waals surface area contributed by atoms with Gasteiger partial charge in [-0.15, -0.1) is 0 Å². The molecule has 2 aromatic rings. The lowest BCUT2D eigenvalue weighted by molar-refractivity contribution is -0.120. The highest BCUT2D eigenvalue weighted by Crippen LogP contribution is 2.18. The van der Waals surface area contributed by atoms with Crippen molar-refractivity contribution in [3.63, 3.8) is 0 Å². The van der Waals surface area contributed by atoms with E-state index >= 15 is 0 Å². The van der Waals surface area contributed by atoms with Crippen LogP contribution in [0.4, 0.5) is 5.69 Å². The molecule has 2 rings (SSSR count). The molecule has 0 aliphatic rings. The van der Waals surface area contributed by atoms with Crippen LogP contribution in [0, 0.1) is 5.92 Å². The first kappa shape index (κ1) is 22.4. The fraction of sp³-hybridized carbons (Fsp3) is 0.300. The van der Waals surface area contributed by atoms with E-state index in [4.69, 9.17) is 10.5 Å². The van der Waals surface area contributed by atoms with Crippen molar-refractivity contribution in [2.24, 2.45) is 11.7 Å². The van der Waals surface area contributed by atoms with Gasteiger partial charge in [0.05, 0.1) is 18.0 Å². The molecule has 8 nitrogen and oxygen atoms in total. The standard InChI is InChI=1S/C20H25N3O5S/c1-13(2)11-18(21)20(25)23-29(26,27)17-6-4-5-15(12-17)22-19(24)14-7-9-16(28-3)10-8-14/h4-10,12-13,18H,11,21H2,1-3H3,(H,22,24)(H,23,25)/t18-/m0/s1. The Morgan fingerprint density at radius 3 is 2.34 bits per heavy atom. The average molecular weight is 420 g/mol. The number of anilines is 1. The fourth-order valence-electron chi connectivity index (χ4n) is 2.57. The minimum Gasteiger partial charge on any atom is -0.497 e. The van der Waals surface area contributed by atoms with E-state index in [0.717, 1.165) is 0 Å². The van der Waals surface area contributed by atoms with Gasteiger partial charge in [0, 0.05) is 11.3 Å². The van der Waals surface area contributed by atoms with Gasteiger partial charge in [0.15, 0.2) is 0 Å². The number of nitrogens with two attached hydrogens (primary N) is 1.